The highest BCUT2D eigenvalue weighted by molar-refractivity contribution is 6.01. The number of amides is 3. The Kier molecular flexibility index (Phi) is 10.6. The second kappa shape index (κ2) is 14.1. The predicted octanol–water partition coefficient (Wildman–Crippen LogP) is 2.55. The molecule has 0 aliphatic rings. The van der Waals surface area contributed by atoms with Crippen LogP contribution in [-0.4, -0.2) is 58.6 Å². The Balaban J connectivity index is 1.57. The number of nitrogens with one attached hydrogen (secondary N) is 4. The first-order valence-electron chi connectivity index (χ1n) is 13.1. The molecular weight excluding hydrogens is 512 g/mol. The van der Waals surface area contributed by atoms with E-state index >= 15 is 0 Å². The summed E-state index contributed by atoms with van der Waals surface area (Å²) in [4.78, 5) is 50.2. The van der Waals surface area contributed by atoms with Crippen molar-refractivity contribution in [2.45, 2.75) is 51.9 Å². The fraction of sp³-hybridized carbons (Fsp3) is 0.333. The van der Waals surface area contributed by atoms with Crippen LogP contribution in [0.15, 0.2) is 66.7 Å². The van der Waals surface area contributed by atoms with Crippen LogP contribution < -0.4 is 21.3 Å². The molecule has 0 heterocycles. The summed E-state index contributed by atoms with van der Waals surface area (Å²) in [6.07, 6.45) is -0.314. The van der Waals surface area contributed by atoms with Crippen LogP contribution in [0.5, 0.6) is 5.75 Å². The van der Waals surface area contributed by atoms with Crippen LogP contribution in [0.2, 0.25) is 0 Å². The van der Waals surface area contributed by atoms with Crippen molar-refractivity contribution in [3.8, 4) is 5.75 Å². The fourth-order valence-electron chi connectivity index (χ4n) is 4.17. The third-order valence-corrected chi connectivity index (χ3v) is 6.42. The lowest BCUT2D eigenvalue weighted by molar-refractivity contribution is -0.138. The van der Waals surface area contributed by atoms with Gasteiger partial charge in [0.2, 0.25) is 11.8 Å². The summed E-state index contributed by atoms with van der Waals surface area (Å²) in [5, 5.41) is 31.8. The minimum absolute atomic E-state index is 0.142. The second-order valence-corrected chi connectivity index (χ2v) is 10.1. The summed E-state index contributed by atoms with van der Waals surface area (Å²) in [5.41, 5.74) is 1.29. The van der Waals surface area contributed by atoms with Crippen LogP contribution in [0.1, 0.15) is 43.1 Å². The first-order valence-corrected chi connectivity index (χ1v) is 13.1. The number of hydrogen-bond donors (Lipinski definition) is 6. The van der Waals surface area contributed by atoms with E-state index in [2.05, 4.69) is 21.3 Å². The van der Waals surface area contributed by atoms with E-state index in [0.717, 1.165) is 16.3 Å². The van der Waals surface area contributed by atoms with Crippen molar-refractivity contribution in [1.82, 2.24) is 21.3 Å². The number of fused-ring (bicyclic) bond motifs is 1. The summed E-state index contributed by atoms with van der Waals surface area (Å²) < 4.78 is 0. The molecule has 3 atom stereocenters. The van der Waals surface area contributed by atoms with E-state index in [-0.39, 0.29) is 24.6 Å². The van der Waals surface area contributed by atoms with Gasteiger partial charge in [-0.05, 0) is 53.4 Å². The lowest BCUT2D eigenvalue weighted by Crippen LogP contribution is -2.56. The Labute approximate surface area is 233 Å². The third-order valence-electron chi connectivity index (χ3n) is 6.42. The van der Waals surface area contributed by atoms with E-state index in [1.807, 2.05) is 30.3 Å². The second-order valence-electron chi connectivity index (χ2n) is 10.1. The van der Waals surface area contributed by atoms with Gasteiger partial charge in [0.15, 0.2) is 0 Å². The normalized spacial score (nSPS) is 13.3. The zero-order valence-electron chi connectivity index (χ0n) is 22.8. The quantitative estimate of drug-likeness (QED) is 0.192. The summed E-state index contributed by atoms with van der Waals surface area (Å²) in [6.45, 7) is 5.66. The number of aliphatic carboxylic acids is 1. The van der Waals surface area contributed by atoms with E-state index in [1.165, 1.54) is 6.92 Å². The summed E-state index contributed by atoms with van der Waals surface area (Å²) in [5.74, 6) is -2.67. The first kappa shape index (κ1) is 30.1. The maximum atomic E-state index is 13.1. The van der Waals surface area contributed by atoms with Crippen molar-refractivity contribution >= 4 is 34.5 Å². The molecule has 10 nitrogen and oxygen atoms in total. The molecule has 3 aromatic carbocycles. The van der Waals surface area contributed by atoms with E-state index in [9.17, 15) is 29.4 Å². The smallest absolute Gasteiger partial charge is 0.305 e. The highest BCUT2D eigenvalue weighted by Crippen LogP contribution is 2.16. The molecule has 3 rings (SSSR count). The molecule has 0 fully saturated rings. The van der Waals surface area contributed by atoms with Gasteiger partial charge in [-0.1, -0.05) is 56.3 Å². The lowest BCUT2D eigenvalue weighted by atomic mass is 10.0. The van der Waals surface area contributed by atoms with Crippen LogP contribution in [0.4, 0.5) is 0 Å². The average molecular weight is 549 g/mol. The molecule has 0 aliphatic heterocycles. The molecule has 40 heavy (non-hydrogen) atoms. The molecule has 0 aliphatic carbocycles. The summed E-state index contributed by atoms with van der Waals surface area (Å²) in [7, 11) is 0. The van der Waals surface area contributed by atoms with Gasteiger partial charge in [0.1, 0.15) is 17.8 Å². The minimum atomic E-state index is -1.08. The van der Waals surface area contributed by atoms with Gasteiger partial charge in [0, 0.05) is 18.7 Å². The van der Waals surface area contributed by atoms with Gasteiger partial charge in [-0.25, -0.2) is 0 Å². The van der Waals surface area contributed by atoms with Gasteiger partial charge in [0.05, 0.1) is 12.5 Å². The SMILES string of the molecule is CC(C)[C@H](NC(=O)c1ccc2ccccc2c1)C(=O)N[C@@H](C)C(=O)N[C@H](CNCc1ccc(O)cc1)CC(=O)O. The number of carboxylic acids is 1. The Morgan fingerprint density at radius 1 is 0.800 bits per heavy atom. The van der Waals surface area contributed by atoms with Gasteiger partial charge in [0.25, 0.3) is 5.91 Å². The van der Waals surface area contributed by atoms with Gasteiger partial charge >= 0.3 is 5.97 Å². The van der Waals surface area contributed by atoms with E-state index in [0.29, 0.717) is 12.1 Å². The van der Waals surface area contributed by atoms with E-state index < -0.39 is 41.8 Å². The van der Waals surface area contributed by atoms with Crippen molar-refractivity contribution in [3.63, 3.8) is 0 Å². The molecule has 6 N–H and O–H groups in total. The van der Waals surface area contributed by atoms with Crippen LogP contribution >= 0.6 is 0 Å². The molecule has 3 aromatic rings. The molecule has 212 valence electrons. The lowest BCUT2D eigenvalue weighted by Gasteiger charge is -2.25. The van der Waals surface area contributed by atoms with Crippen molar-refractivity contribution in [3.05, 3.63) is 77.9 Å². The number of carboxylic acid groups (broad SMARTS) is 1. The summed E-state index contributed by atoms with van der Waals surface area (Å²) in [6, 6.07) is 16.9. The largest absolute Gasteiger partial charge is 0.508 e. The Morgan fingerprint density at radius 2 is 1.48 bits per heavy atom. The molecule has 3 amide bonds. The molecule has 10 heteroatoms. The maximum absolute atomic E-state index is 13.1. The molecule has 0 aromatic heterocycles. The van der Waals surface area contributed by atoms with Gasteiger partial charge < -0.3 is 31.5 Å². The highest BCUT2D eigenvalue weighted by atomic mass is 16.4. The van der Waals surface area contributed by atoms with Gasteiger partial charge in [-0.15, -0.1) is 0 Å². The molecule has 0 spiro atoms. The Hall–Kier alpha value is -4.44. The molecule has 0 radical (unpaired) electrons. The monoisotopic (exact) mass is 548 g/mol. The number of rotatable bonds is 13. The average Bonchev–Trinajstić information content (AvgIpc) is 2.91. The highest BCUT2D eigenvalue weighted by Gasteiger charge is 2.28. The molecule has 0 saturated heterocycles. The number of phenols is 1. The minimum Gasteiger partial charge on any atom is -0.508 e. The van der Waals surface area contributed by atoms with Gasteiger partial charge in [-0.2, -0.15) is 0 Å². The summed E-state index contributed by atoms with van der Waals surface area (Å²) >= 11 is 0. The van der Waals surface area contributed by atoms with Crippen molar-refractivity contribution in [1.29, 1.82) is 0 Å². The number of benzene rings is 3. The van der Waals surface area contributed by atoms with E-state index in [1.54, 1.807) is 50.2 Å². The number of phenolic OH excluding ortho intramolecular Hbond substituents is 1. The fourth-order valence-corrected chi connectivity index (χ4v) is 4.17. The van der Waals surface area contributed by atoms with E-state index in [4.69, 9.17) is 0 Å². The van der Waals surface area contributed by atoms with Crippen LogP contribution in [-0.2, 0) is 20.9 Å². The molecule has 0 saturated carbocycles. The zero-order valence-corrected chi connectivity index (χ0v) is 22.8. The van der Waals surface area contributed by atoms with Crippen LogP contribution in [0.25, 0.3) is 10.8 Å². The van der Waals surface area contributed by atoms with Crippen LogP contribution in [0.3, 0.4) is 0 Å². The number of hydrogen-bond acceptors (Lipinski definition) is 6. The Bertz CT molecular complexity index is 1340. The van der Waals surface area contributed by atoms with Crippen molar-refractivity contribution in [2.75, 3.05) is 6.54 Å². The van der Waals surface area contributed by atoms with Crippen molar-refractivity contribution < 1.29 is 29.4 Å². The number of carbonyl (C=O) groups excluding carboxylic acids is 3. The first-order chi connectivity index (χ1) is 19.0. The number of carbonyl (C=O) groups is 4. The third kappa shape index (κ3) is 8.81. The van der Waals surface area contributed by atoms with Crippen molar-refractivity contribution in [2.24, 2.45) is 5.92 Å². The molecular formula is C30H36N4O6. The topological polar surface area (TPSA) is 157 Å². The van der Waals surface area contributed by atoms with Gasteiger partial charge in [-0.3, -0.25) is 19.2 Å². The Morgan fingerprint density at radius 3 is 2.12 bits per heavy atom. The standard InChI is InChI=1S/C30H36N4O6/c1-18(2)27(34-29(39)23-11-10-21-6-4-5-7-22(21)14-23)30(40)32-19(3)28(38)33-24(15-26(36)37)17-31-16-20-8-12-25(35)13-9-20/h4-14,18-19,24,27,31,35H,15-17H2,1-3H3,(H,32,40)(H,33,38)(H,34,39)(H,36,37)/t19-,24-,27-/m0/s1. The predicted molar refractivity (Wildman–Crippen MR) is 152 cm³/mol. The van der Waals surface area contributed by atoms with Crippen LogP contribution in [0, 0.1) is 5.92 Å². The molecule has 0 bridgehead atoms. The molecule has 0 unspecified atom stereocenters. The number of aromatic hydroxyl groups is 1. The maximum Gasteiger partial charge on any atom is 0.305 e. The zero-order chi connectivity index (χ0) is 29.2.